The third-order valence-electron chi connectivity index (χ3n) is 5.07. The maximum Gasteiger partial charge on any atom is 0.251 e. The Morgan fingerprint density at radius 3 is 2.09 bits per heavy atom. The first-order valence-corrected chi connectivity index (χ1v) is 11.1. The minimum atomic E-state index is -0.287. The fraction of sp³-hybridized carbons (Fsp3) is 0.107. The van der Waals surface area contributed by atoms with Gasteiger partial charge in [0.2, 0.25) is 5.91 Å². The van der Waals surface area contributed by atoms with E-state index in [0.717, 1.165) is 17.2 Å². The molecular formula is C28H25N3O4. The number of hydrogen-bond donors (Lipinski definition) is 1. The molecule has 0 aliphatic carbocycles. The first kappa shape index (κ1) is 23.5. The average molecular weight is 468 g/mol. The van der Waals surface area contributed by atoms with Crippen LogP contribution in [-0.2, 0) is 16.1 Å². The highest BCUT2D eigenvalue weighted by Crippen LogP contribution is 2.21. The number of aryl methyl sites for hydroxylation is 2. The molecule has 4 rings (SSSR count). The Hall–Kier alpha value is -4.65. The van der Waals surface area contributed by atoms with Gasteiger partial charge in [-0.05, 0) is 86.7 Å². The van der Waals surface area contributed by atoms with Crippen LogP contribution < -0.4 is 10.2 Å². The zero-order chi connectivity index (χ0) is 24.6. The number of furan rings is 2. The van der Waals surface area contributed by atoms with E-state index in [9.17, 15) is 9.59 Å². The van der Waals surface area contributed by atoms with E-state index in [2.05, 4.69) is 10.3 Å². The normalized spacial score (nSPS) is 11.3. The summed E-state index contributed by atoms with van der Waals surface area (Å²) in [6, 6.07) is 19.9. The van der Waals surface area contributed by atoms with Crippen LogP contribution in [0.15, 0.2) is 93.9 Å². The second-order valence-corrected chi connectivity index (χ2v) is 7.85. The molecule has 4 aromatic rings. The number of carbonyl (C=O) groups excluding carboxylic acids is 2. The average Bonchev–Trinajstić information content (AvgIpc) is 3.48. The van der Waals surface area contributed by atoms with Crippen molar-refractivity contribution in [2.24, 2.45) is 0 Å². The molecule has 0 saturated carbocycles. The molecule has 1 N–H and O–H groups in total. The molecule has 0 saturated heterocycles. The van der Waals surface area contributed by atoms with E-state index in [1.54, 1.807) is 59.6 Å². The van der Waals surface area contributed by atoms with Crippen LogP contribution in [0.4, 0.5) is 11.4 Å². The lowest BCUT2D eigenvalue weighted by molar-refractivity contribution is -0.114. The van der Waals surface area contributed by atoms with Crippen molar-refractivity contribution in [3.63, 3.8) is 0 Å². The summed E-state index contributed by atoms with van der Waals surface area (Å²) < 4.78 is 10.9. The summed E-state index contributed by atoms with van der Waals surface area (Å²) in [6.45, 7) is 3.98. The summed E-state index contributed by atoms with van der Waals surface area (Å²) in [5.41, 5.74) is 2.02. The fourth-order valence-corrected chi connectivity index (χ4v) is 3.35. The van der Waals surface area contributed by atoms with Crippen molar-refractivity contribution in [1.29, 1.82) is 0 Å². The van der Waals surface area contributed by atoms with Crippen LogP contribution in [0.1, 0.15) is 28.7 Å². The first-order chi connectivity index (χ1) is 17.0. The van der Waals surface area contributed by atoms with Gasteiger partial charge in [0.25, 0.3) is 5.91 Å². The molecule has 0 aliphatic heterocycles. The zero-order valence-corrected chi connectivity index (χ0v) is 19.5. The van der Waals surface area contributed by atoms with Gasteiger partial charge in [-0.15, -0.1) is 0 Å². The van der Waals surface area contributed by atoms with E-state index in [1.165, 1.54) is 12.2 Å². The second kappa shape index (κ2) is 11.0. The van der Waals surface area contributed by atoms with E-state index < -0.39 is 0 Å². The van der Waals surface area contributed by atoms with Crippen molar-refractivity contribution in [3.05, 3.63) is 114 Å². The van der Waals surface area contributed by atoms with Crippen LogP contribution in [0.25, 0.3) is 12.2 Å². The number of carbonyl (C=O) groups is 2. The molecule has 35 heavy (non-hydrogen) atoms. The van der Waals surface area contributed by atoms with Gasteiger partial charge in [-0.1, -0.05) is 6.07 Å². The number of anilines is 2. The molecule has 3 aromatic heterocycles. The topological polar surface area (TPSA) is 88.6 Å². The highest BCUT2D eigenvalue weighted by molar-refractivity contribution is 6.04. The summed E-state index contributed by atoms with van der Waals surface area (Å²) in [6.07, 6.45) is 7.82. The van der Waals surface area contributed by atoms with Gasteiger partial charge >= 0.3 is 0 Å². The molecule has 3 heterocycles. The molecule has 0 atom stereocenters. The molecule has 0 unspecified atom stereocenters. The molecule has 0 bridgehead atoms. The number of hydrogen-bond acceptors (Lipinski definition) is 5. The lowest BCUT2D eigenvalue weighted by Crippen LogP contribution is -2.29. The standard InChI is InChI=1S/C28H25N3O4/c1-20-6-12-25(34-20)14-16-27(32)30-22-8-10-24(11-9-22)31(19-23-5-3-4-18-29-23)28(33)17-15-26-13-7-21(2)35-26/h3-18H,19H2,1-2H3,(H,30,32). The maximum absolute atomic E-state index is 13.1. The summed E-state index contributed by atoms with van der Waals surface area (Å²) in [4.78, 5) is 31.3. The van der Waals surface area contributed by atoms with Crippen LogP contribution in [0.5, 0.6) is 0 Å². The molecule has 0 spiro atoms. The monoisotopic (exact) mass is 467 g/mol. The summed E-state index contributed by atoms with van der Waals surface area (Å²) in [5, 5.41) is 2.80. The number of benzene rings is 1. The minimum Gasteiger partial charge on any atom is -0.462 e. The van der Waals surface area contributed by atoms with Crippen LogP contribution in [0.3, 0.4) is 0 Å². The smallest absolute Gasteiger partial charge is 0.251 e. The number of pyridine rings is 1. The maximum atomic E-state index is 13.1. The molecule has 7 nitrogen and oxygen atoms in total. The number of rotatable bonds is 8. The predicted molar refractivity (Wildman–Crippen MR) is 135 cm³/mol. The van der Waals surface area contributed by atoms with E-state index in [1.807, 2.05) is 44.2 Å². The van der Waals surface area contributed by atoms with Crippen LogP contribution in [0.2, 0.25) is 0 Å². The Morgan fingerprint density at radius 2 is 1.51 bits per heavy atom. The molecule has 0 aliphatic rings. The lowest BCUT2D eigenvalue weighted by atomic mass is 10.2. The fourth-order valence-electron chi connectivity index (χ4n) is 3.35. The SMILES string of the molecule is Cc1ccc(C=CC(=O)Nc2ccc(N(Cc3ccccn3)C(=O)C=Cc3ccc(C)o3)cc2)o1. The Labute approximate surface area is 203 Å². The number of nitrogens with one attached hydrogen (secondary N) is 1. The van der Waals surface area contributed by atoms with Crippen LogP contribution in [0, 0.1) is 13.8 Å². The van der Waals surface area contributed by atoms with Crippen molar-refractivity contribution in [2.45, 2.75) is 20.4 Å². The van der Waals surface area contributed by atoms with Crippen LogP contribution in [-0.4, -0.2) is 16.8 Å². The van der Waals surface area contributed by atoms with Gasteiger partial charge in [-0.2, -0.15) is 0 Å². The molecule has 0 radical (unpaired) electrons. The highest BCUT2D eigenvalue weighted by Gasteiger charge is 2.15. The van der Waals surface area contributed by atoms with Crippen molar-refractivity contribution >= 4 is 35.3 Å². The third kappa shape index (κ3) is 6.68. The highest BCUT2D eigenvalue weighted by atomic mass is 16.3. The summed E-state index contributed by atoms with van der Waals surface area (Å²) >= 11 is 0. The van der Waals surface area contributed by atoms with Crippen molar-refractivity contribution in [2.75, 3.05) is 10.2 Å². The number of amides is 2. The zero-order valence-electron chi connectivity index (χ0n) is 19.5. The molecule has 1 aromatic carbocycles. The number of nitrogens with zero attached hydrogens (tertiary/aromatic N) is 2. The molecule has 0 fully saturated rings. The van der Waals surface area contributed by atoms with Gasteiger partial charge in [0.1, 0.15) is 23.0 Å². The first-order valence-electron chi connectivity index (χ1n) is 11.1. The van der Waals surface area contributed by atoms with E-state index >= 15 is 0 Å². The van der Waals surface area contributed by atoms with Gasteiger partial charge in [-0.3, -0.25) is 14.6 Å². The van der Waals surface area contributed by atoms with Crippen molar-refractivity contribution < 1.29 is 18.4 Å². The summed E-state index contributed by atoms with van der Waals surface area (Å²) in [7, 11) is 0. The third-order valence-corrected chi connectivity index (χ3v) is 5.07. The van der Waals surface area contributed by atoms with E-state index in [0.29, 0.717) is 22.9 Å². The predicted octanol–water partition coefficient (Wildman–Crippen LogP) is 5.78. The van der Waals surface area contributed by atoms with Gasteiger partial charge in [0, 0.05) is 29.7 Å². The quantitative estimate of drug-likeness (QED) is 0.332. The molecule has 176 valence electrons. The second-order valence-electron chi connectivity index (χ2n) is 7.85. The largest absolute Gasteiger partial charge is 0.462 e. The van der Waals surface area contributed by atoms with Gasteiger partial charge in [0.05, 0.1) is 12.2 Å². The van der Waals surface area contributed by atoms with Gasteiger partial charge < -0.3 is 19.1 Å². The molecule has 2 amide bonds. The lowest BCUT2D eigenvalue weighted by Gasteiger charge is -2.21. The van der Waals surface area contributed by atoms with E-state index in [4.69, 9.17) is 8.83 Å². The van der Waals surface area contributed by atoms with E-state index in [-0.39, 0.29) is 18.4 Å². The summed E-state index contributed by atoms with van der Waals surface area (Å²) in [5.74, 6) is 2.25. The molecule has 7 heteroatoms. The van der Waals surface area contributed by atoms with Crippen LogP contribution >= 0.6 is 0 Å². The van der Waals surface area contributed by atoms with Crippen molar-refractivity contribution in [1.82, 2.24) is 4.98 Å². The van der Waals surface area contributed by atoms with Crippen molar-refractivity contribution in [3.8, 4) is 0 Å². The Balaban J connectivity index is 1.48. The molecular weight excluding hydrogens is 442 g/mol. The Morgan fingerprint density at radius 1 is 0.857 bits per heavy atom. The Bertz CT molecular complexity index is 1350. The van der Waals surface area contributed by atoms with Gasteiger partial charge in [-0.25, -0.2) is 0 Å². The number of aromatic nitrogens is 1. The van der Waals surface area contributed by atoms with Gasteiger partial charge in [0.15, 0.2) is 0 Å². The minimum absolute atomic E-state index is 0.224. The Kier molecular flexibility index (Phi) is 7.37.